The van der Waals surface area contributed by atoms with Gasteiger partial charge >= 0.3 is 0 Å². The summed E-state index contributed by atoms with van der Waals surface area (Å²) >= 11 is 7.56. The summed E-state index contributed by atoms with van der Waals surface area (Å²) in [5.74, 6) is -0.438. The molecule has 3 heterocycles. The average molecular weight is 505 g/mol. The van der Waals surface area contributed by atoms with Gasteiger partial charge in [0, 0.05) is 18.1 Å². The maximum Gasteiger partial charge on any atom is 0.273 e. The number of benzene rings is 2. The van der Waals surface area contributed by atoms with Crippen molar-refractivity contribution >= 4 is 34.8 Å². The van der Waals surface area contributed by atoms with E-state index in [0.29, 0.717) is 23.8 Å². The van der Waals surface area contributed by atoms with Gasteiger partial charge in [-0.05, 0) is 60.2 Å². The Labute approximate surface area is 213 Å². The van der Waals surface area contributed by atoms with Crippen LogP contribution in [-0.2, 0) is 24.4 Å². The van der Waals surface area contributed by atoms with Crippen molar-refractivity contribution in [2.45, 2.75) is 39.0 Å². The summed E-state index contributed by atoms with van der Waals surface area (Å²) < 4.78 is 1.67. The molecule has 5 rings (SSSR count). The predicted octanol–water partition coefficient (Wildman–Crippen LogP) is 5.30. The Bertz CT molecular complexity index is 1380. The van der Waals surface area contributed by atoms with E-state index in [9.17, 15) is 9.59 Å². The van der Waals surface area contributed by atoms with E-state index in [4.69, 9.17) is 16.7 Å². The number of aryl methyl sites for hydroxylation is 1. The van der Waals surface area contributed by atoms with Crippen molar-refractivity contribution in [2.75, 3.05) is 0 Å². The van der Waals surface area contributed by atoms with Crippen molar-refractivity contribution < 1.29 is 9.59 Å². The number of aromatic nitrogens is 2. The number of carbonyl (C=O) groups excluding carboxylic acids is 2. The highest BCUT2D eigenvalue weighted by Crippen LogP contribution is 2.33. The van der Waals surface area contributed by atoms with E-state index in [1.54, 1.807) is 33.1 Å². The normalized spacial score (nSPS) is 17.3. The lowest BCUT2D eigenvalue weighted by Crippen LogP contribution is -2.63. The molecule has 0 saturated carbocycles. The van der Waals surface area contributed by atoms with Gasteiger partial charge in [-0.25, -0.2) is 0 Å². The van der Waals surface area contributed by atoms with Crippen LogP contribution < -0.4 is 5.32 Å². The molecule has 1 atom stereocenters. The molecule has 1 N–H and O–H groups in total. The molecule has 0 aliphatic carbocycles. The van der Waals surface area contributed by atoms with Gasteiger partial charge in [0.25, 0.3) is 5.91 Å². The lowest BCUT2D eigenvalue weighted by atomic mass is 9.93. The fourth-order valence-electron chi connectivity index (χ4n) is 4.37. The van der Waals surface area contributed by atoms with E-state index in [-0.39, 0.29) is 18.4 Å². The van der Waals surface area contributed by atoms with Gasteiger partial charge in [0.2, 0.25) is 5.91 Å². The summed E-state index contributed by atoms with van der Waals surface area (Å²) in [6, 6.07) is 21.0. The van der Waals surface area contributed by atoms with Crippen molar-refractivity contribution in [3.63, 3.8) is 0 Å². The SMILES string of the molecule is Cc1ccccc1CN1C(=O)c2cc(-c3cccs3)nn2C[C@@]1(C)C(=O)NCc1ccc(Cl)cc1. The second-order valence-electron chi connectivity index (χ2n) is 8.95. The summed E-state index contributed by atoms with van der Waals surface area (Å²) in [6.07, 6.45) is 0. The number of nitrogens with zero attached hydrogens (tertiary/aromatic N) is 3. The molecule has 2 aromatic heterocycles. The molecule has 0 saturated heterocycles. The first-order valence-corrected chi connectivity index (χ1v) is 12.6. The molecule has 0 fully saturated rings. The summed E-state index contributed by atoms with van der Waals surface area (Å²) in [5, 5.41) is 10.3. The van der Waals surface area contributed by atoms with Gasteiger partial charge in [-0.1, -0.05) is 54.1 Å². The monoisotopic (exact) mass is 504 g/mol. The van der Waals surface area contributed by atoms with Gasteiger partial charge < -0.3 is 10.2 Å². The summed E-state index contributed by atoms with van der Waals surface area (Å²) in [7, 11) is 0. The topological polar surface area (TPSA) is 67.2 Å². The smallest absolute Gasteiger partial charge is 0.273 e. The zero-order valence-electron chi connectivity index (χ0n) is 19.5. The minimum absolute atomic E-state index is 0.209. The van der Waals surface area contributed by atoms with Crippen LogP contribution in [0.2, 0.25) is 5.02 Å². The van der Waals surface area contributed by atoms with Crippen LogP contribution in [0.5, 0.6) is 0 Å². The maximum atomic E-state index is 13.8. The number of thiophene rings is 1. The number of hydrogen-bond donors (Lipinski definition) is 1. The Hall–Kier alpha value is -3.42. The highest BCUT2D eigenvalue weighted by atomic mass is 35.5. The summed E-state index contributed by atoms with van der Waals surface area (Å²) in [4.78, 5) is 30.2. The third-order valence-corrected chi connectivity index (χ3v) is 7.66. The van der Waals surface area contributed by atoms with E-state index in [1.165, 1.54) is 0 Å². The highest BCUT2D eigenvalue weighted by Gasteiger charge is 2.48. The first-order chi connectivity index (χ1) is 16.8. The number of amides is 2. The molecular formula is C27H25ClN4O2S. The lowest BCUT2D eigenvalue weighted by molar-refractivity contribution is -0.133. The number of halogens is 1. The van der Waals surface area contributed by atoms with Crippen molar-refractivity contribution in [1.82, 2.24) is 20.0 Å². The molecule has 2 aromatic carbocycles. The molecule has 2 amide bonds. The molecule has 0 unspecified atom stereocenters. The van der Waals surface area contributed by atoms with Crippen LogP contribution in [0.4, 0.5) is 0 Å². The minimum atomic E-state index is -1.13. The molecule has 0 bridgehead atoms. The molecule has 1 aliphatic heterocycles. The van der Waals surface area contributed by atoms with Crippen LogP contribution in [0.25, 0.3) is 10.6 Å². The Kier molecular flexibility index (Phi) is 6.21. The van der Waals surface area contributed by atoms with E-state index < -0.39 is 5.54 Å². The largest absolute Gasteiger partial charge is 0.350 e. The molecule has 6 nitrogen and oxygen atoms in total. The number of carbonyl (C=O) groups is 2. The number of fused-ring (bicyclic) bond motifs is 1. The van der Waals surface area contributed by atoms with Crippen molar-refractivity contribution in [3.8, 4) is 10.6 Å². The second-order valence-corrected chi connectivity index (χ2v) is 10.3. The van der Waals surface area contributed by atoms with Crippen LogP contribution in [0, 0.1) is 6.92 Å². The van der Waals surface area contributed by atoms with Gasteiger partial charge in [0.1, 0.15) is 16.9 Å². The van der Waals surface area contributed by atoms with Gasteiger partial charge in [-0.3, -0.25) is 14.3 Å². The maximum absolute atomic E-state index is 13.8. The van der Waals surface area contributed by atoms with Crippen LogP contribution >= 0.6 is 22.9 Å². The lowest BCUT2D eigenvalue weighted by Gasteiger charge is -2.43. The van der Waals surface area contributed by atoms with Gasteiger partial charge in [0.05, 0.1) is 11.4 Å². The third kappa shape index (κ3) is 4.49. The van der Waals surface area contributed by atoms with Gasteiger partial charge in [-0.15, -0.1) is 11.3 Å². The van der Waals surface area contributed by atoms with E-state index in [1.807, 2.05) is 73.8 Å². The second kappa shape index (κ2) is 9.32. The number of hydrogen-bond acceptors (Lipinski definition) is 4. The Morgan fingerprint density at radius 2 is 1.91 bits per heavy atom. The molecule has 8 heteroatoms. The number of rotatable bonds is 6. The zero-order chi connectivity index (χ0) is 24.6. The van der Waals surface area contributed by atoms with Crippen LogP contribution in [0.15, 0.2) is 72.1 Å². The standard InChI is InChI=1S/C27H25ClN4O2S/c1-18-6-3-4-7-20(18)16-31-25(33)23-14-22(24-8-5-13-35-24)30-32(23)17-27(31,2)26(34)29-15-19-9-11-21(28)12-10-19/h3-14H,15-17H2,1-2H3,(H,29,34)/t27-/m0/s1. The molecule has 1 aliphatic rings. The van der Waals surface area contributed by atoms with Crippen molar-refractivity contribution in [1.29, 1.82) is 0 Å². The molecule has 178 valence electrons. The van der Waals surface area contributed by atoms with Crippen molar-refractivity contribution in [2.24, 2.45) is 0 Å². The van der Waals surface area contributed by atoms with E-state index >= 15 is 0 Å². The van der Waals surface area contributed by atoms with Crippen LogP contribution in [0.3, 0.4) is 0 Å². The Morgan fingerprint density at radius 3 is 2.63 bits per heavy atom. The summed E-state index contributed by atoms with van der Waals surface area (Å²) in [6.45, 7) is 4.76. The first kappa shape index (κ1) is 23.3. The Balaban J connectivity index is 1.49. The molecule has 35 heavy (non-hydrogen) atoms. The summed E-state index contributed by atoms with van der Waals surface area (Å²) in [5.41, 5.74) is 3.11. The zero-order valence-corrected chi connectivity index (χ0v) is 21.1. The van der Waals surface area contributed by atoms with Gasteiger partial charge in [-0.2, -0.15) is 5.10 Å². The Morgan fingerprint density at radius 1 is 1.14 bits per heavy atom. The number of nitrogens with one attached hydrogen (secondary N) is 1. The molecule has 0 spiro atoms. The van der Waals surface area contributed by atoms with Crippen LogP contribution in [0.1, 0.15) is 34.1 Å². The van der Waals surface area contributed by atoms with E-state index in [0.717, 1.165) is 27.3 Å². The van der Waals surface area contributed by atoms with E-state index in [2.05, 4.69) is 5.32 Å². The predicted molar refractivity (Wildman–Crippen MR) is 138 cm³/mol. The quantitative estimate of drug-likeness (QED) is 0.387. The van der Waals surface area contributed by atoms with Crippen molar-refractivity contribution in [3.05, 3.63) is 99.5 Å². The fourth-order valence-corrected chi connectivity index (χ4v) is 5.17. The van der Waals surface area contributed by atoms with Crippen LogP contribution in [-0.4, -0.2) is 32.0 Å². The molecular weight excluding hydrogens is 480 g/mol. The third-order valence-electron chi connectivity index (χ3n) is 6.52. The fraction of sp³-hybridized carbons (Fsp3) is 0.222. The van der Waals surface area contributed by atoms with Gasteiger partial charge in [0.15, 0.2) is 0 Å². The molecule has 0 radical (unpaired) electrons. The molecule has 4 aromatic rings. The highest BCUT2D eigenvalue weighted by molar-refractivity contribution is 7.13. The minimum Gasteiger partial charge on any atom is -0.350 e. The first-order valence-electron chi connectivity index (χ1n) is 11.4. The average Bonchev–Trinajstić information content (AvgIpc) is 3.52.